The molecular formula is C23H22FO5P. The molecule has 2 atom stereocenters. The third kappa shape index (κ3) is 5.22. The summed E-state index contributed by atoms with van der Waals surface area (Å²) < 4.78 is 26.0. The Morgan fingerprint density at radius 2 is 1.83 bits per heavy atom. The van der Waals surface area contributed by atoms with Crippen LogP contribution in [0.2, 0.25) is 0 Å². The number of aliphatic carboxylic acids is 1. The molecule has 3 rings (SSSR count). The summed E-state index contributed by atoms with van der Waals surface area (Å²) in [6, 6.07) is 15.7. The molecule has 7 heteroatoms. The number of aliphatic hydroxyl groups is 1. The van der Waals surface area contributed by atoms with Gasteiger partial charge in [0, 0.05) is 5.82 Å². The molecule has 2 unspecified atom stereocenters. The fourth-order valence-corrected chi connectivity index (χ4v) is 4.70. The number of aryl methyl sites for hydroxylation is 1. The van der Waals surface area contributed by atoms with Crippen molar-refractivity contribution in [2.24, 2.45) is 0 Å². The number of halogens is 1. The van der Waals surface area contributed by atoms with Crippen molar-refractivity contribution >= 4 is 30.2 Å². The number of hydrogen-bond donors (Lipinski definition) is 3. The second-order valence-electron chi connectivity index (χ2n) is 7.22. The van der Waals surface area contributed by atoms with E-state index in [9.17, 15) is 23.7 Å². The van der Waals surface area contributed by atoms with Crippen molar-refractivity contribution in [1.29, 1.82) is 0 Å². The van der Waals surface area contributed by atoms with Crippen LogP contribution in [0.1, 0.15) is 17.5 Å². The van der Waals surface area contributed by atoms with Gasteiger partial charge < -0.3 is 15.1 Å². The van der Waals surface area contributed by atoms with Crippen molar-refractivity contribution in [3.63, 3.8) is 0 Å². The zero-order valence-electron chi connectivity index (χ0n) is 16.3. The Hall–Kier alpha value is -2.79. The van der Waals surface area contributed by atoms with E-state index in [4.69, 9.17) is 5.11 Å². The van der Waals surface area contributed by atoms with Gasteiger partial charge in [0.05, 0.1) is 18.7 Å². The van der Waals surface area contributed by atoms with Gasteiger partial charge in [-0.1, -0.05) is 42.5 Å². The van der Waals surface area contributed by atoms with Crippen molar-refractivity contribution in [1.82, 2.24) is 0 Å². The zero-order valence-corrected chi connectivity index (χ0v) is 17.2. The number of aliphatic hydroxyl groups excluding tert-OH is 1. The first-order chi connectivity index (χ1) is 14.2. The summed E-state index contributed by atoms with van der Waals surface area (Å²) in [7, 11) is -3.92. The summed E-state index contributed by atoms with van der Waals surface area (Å²) >= 11 is 0. The van der Waals surface area contributed by atoms with Crippen molar-refractivity contribution in [3.05, 3.63) is 77.4 Å². The molecule has 5 nitrogen and oxygen atoms in total. The second-order valence-corrected chi connectivity index (χ2v) is 9.39. The molecule has 0 saturated carbocycles. The number of carboxylic acid groups (broad SMARTS) is 1. The molecule has 0 aliphatic carbocycles. The normalized spacial score (nSPS) is 14.7. The van der Waals surface area contributed by atoms with Gasteiger partial charge in [-0.05, 0) is 58.2 Å². The lowest BCUT2D eigenvalue weighted by molar-refractivity contribution is -0.138. The van der Waals surface area contributed by atoms with Crippen LogP contribution in [0.5, 0.6) is 0 Å². The van der Waals surface area contributed by atoms with Crippen LogP contribution >= 0.6 is 7.37 Å². The first kappa shape index (κ1) is 21.9. The molecule has 0 saturated heterocycles. The Morgan fingerprint density at radius 3 is 2.50 bits per heavy atom. The van der Waals surface area contributed by atoms with E-state index in [1.807, 2.05) is 37.3 Å². The summed E-state index contributed by atoms with van der Waals surface area (Å²) in [6.45, 7) is 1.88. The molecule has 0 fully saturated rings. The molecular weight excluding hydrogens is 406 g/mol. The van der Waals surface area contributed by atoms with E-state index in [1.165, 1.54) is 18.2 Å². The molecule has 0 aliphatic heterocycles. The summed E-state index contributed by atoms with van der Waals surface area (Å²) in [5.74, 6) is -0.474. The van der Waals surface area contributed by atoms with Gasteiger partial charge in [0.25, 0.3) is 0 Å². The first-order valence-corrected chi connectivity index (χ1v) is 11.3. The standard InChI is InChI=1S/C23H22FO5P/c1-15-12-17-4-2-3-5-21(17)23(16-6-8-18(24)9-7-16)20(15)10-11-30(28,29)14-19(25)13-22(26)27/h2-12,19,25H,13-14H2,1H3,(H,26,27)(H,28,29). The van der Waals surface area contributed by atoms with Crippen LogP contribution in [0.3, 0.4) is 0 Å². The average molecular weight is 428 g/mol. The van der Waals surface area contributed by atoms with Gasteiger partial charge in [0.15, 0.2) is 0 Å². The van der Waals surface area contributed by atoms with Gasteiger partial charge in [0.2, 0.25) is 7.37 Å². The lowest BCUT2D eigenvalue weighted by Crippen LogP contribution is -2.16. The lowest BCUT2D eigenvalue weighted by Gasteiger charge is -2.16. The Morgan fingerprint density at radius 1 is 1.17 bits per heavy atom. The van der Waals surface area contributed by atoms with Crippen molar-refractivity contribution in [2.45, 2.75) is 19.4 Å². The van der Waals surface area contributed by atoms with Crippen LogP contribution in [0.15, 0.2) is 60.4 Å². The number of fused-ring (bicyclic) bond motifs is 1. The third-order valence-electron chi connectivity index (χ3n) is 4.79. The molecule has 0 amide bonds. The van der Waals surface area contributed by atoms with E-state index in [0.717, 1.165) is 33.3 Å². The van der Waals surface area contributed by atoms with Gasteiger partial charge >= 0.3 is 5.97 Å². The van der Waals surface area contributed by atoms with Gasteiger partial charge in [-0.15, -0.1) is 0 Å². The number of carbonyl (C=O) groups is 1. The molecule has 0 bridgehead atoms. The molecule has 3 aromatic carbocycles. The highest BCUT2D eigenvalue weighted by molar-refractivity contribution is 7.61. The predicted octanol–water partition coefficient (Wildman–Crippen LogP) is 5.03. The van der Waals surface area contributed by atoms with Crippen molar-refractivity contribution in [3.8, 4) is 11.1 Å². The maximum atomic E-state index is 13.5. The average Bonchev–Trinajstić information content (AvgIpc) is 2.65. The summed E-state index contributed by atoms with van der Waals surface area (Å²) in [5.41, 5.74) is 3.11. The van der Waals surface area contributed by atoms with Gasteiger partial charge in [-0.25, -0.2) is 4.39 Å². The van der Waals surface area contributed by atoms with Crippen LogP contribution in [0.4, 0.5) is 4.39 Å². The number of rotatable bonds is 7. The first-order valence-electron chi connectivity index (χ1n) is 9.35. The molecule has 0 radical (unpaired) electrons. The van der Waals surface area contributed by atoms with E-state index in [-0.39, 0.29) is 5.82 Å². The molecule has 0 spiro atoms. The highest BCUT2D eigenvalue weighted by Gasteiger charge is 2.22. The molecule has 0 heterocycles. The Bertz CT molecular complexity index is 1150. The lowest BCUT2D eigenvalue weighted by atomic mass is 9.90. The van der Waals surface area contributed by atoms with E-state index in [2.05, 4.69) is 0 Å². The fraction of sp³-hybridized carbons (Fsp3) is 0.174. The molecule has 0 aliphatic rings. The highest BCUT2D eigenvalue weighted by Crippen LogP contribution is 2.45. The number of hydrogen-bond acceptors (Lipinski definition) is 3. The number of carboxylic acids is 1. The van der Waals surface area contributed by atoms with E-state index in [0.29, 0.717) is 5.56 Å². The topological polar surface area (TPSA) is 94.8 Å². The maximum Gasteiger partial charge on any atom is 0.305 e. The fourth-order valence-electron chi connectivity index (χ4n) is 3.47. The molecule has 3 aromatic rings. The SMILES string of the molecule is Cc1cc2ccccc2c(-c2ccc(F)cc2)c1C=CP(=O)(O)CC(O)CC(=O)O. The van der Waals surface area contributed by atoms with Crippen molar-refractivity contribution in [2.75, 3.05) is 6.16 Å². The van der Waals surface area contributed by atoms with Crippen LogP contribution < -0.4 is 0 Å². The quantitative estimate of drug-likeness (QED) is 0.459. The Kier molecular flexibility index (Phi) is 6.52. The van der Waals surface area contributed by atoms with Crippen LogP contribution in [-0.2, 0) is 9.36 Å². The summed E-state index contributed by atoms with van der Waals surface area (Å²) in [6.07, 6.45) is -1.05. The zero-order chi connectivity index (χ0) is 21.9. The minimum Gasteiger partial charge on any atom is -0.481 e. The Balaban J connectivity index is 2.09. The largest absolute Gasteiger partial charge is 0.481 e. The minimum absolute atomic E-state index is 0.361. The minimum atomic E-state index is -3.92. The van der Waals surface area contributed by atoms with E-state index in [1.54, 1.807) is 12.1 Å². The summed E-state index contributed by atoms with van der Waals surface area (Å²) in [4.78, 5) is 20.9. The van der Waals surface area contributed by atoms with Gasteiger partial charge in [-0.2, -0.15) is 0 Å². The molecule has 0 aromatic heterocycles. The van der Waals surface area contributed by atoms with Gasteiger partial charge in [-0.3, -0.25) is 9.36 Å². The molecule has 3 N–H and O–H groups in total. The van der Waals surface area contributed by atoms with Crippen LogP contribution in [0, 0.1) is 12.7 Å². The molecule has 30 heavy (non-hydrogen) atoms. The second kappa shape index (κ2) is 8.92. The van der Waals surface area contributed by atoms with E-state index < -0.39 is 32.0 Å². The predicted molar refractivity (Wildman–Crippen MR) is 116 cm³/mol. The Labute approximate surface area is 173 Å². The summed E-state index contributed by atoms with van der Waals surface area (Å²) in [5, 5.41) is 20.3. The third-order valence-corrected chi connectivity index (χ3v) is 6.35. The highest BCUT2D eigenvalue weighted by atomic mass is 31.2. The maximum absolute atomic E-state index is 13.5. The van der Waals surface area contributed by atoms with Crippen LogP contribution in [0.25, 0.3) is 28.0 Å². The molecule has 156 valence electrons. The van der Waals surface area contributed by atoms with Crippen molar-refractivity contribution < 1.29 is 28.9 Å². The van der Waals surface area contributed by atoms with E-state index >= 15 is 0 Å². The monoisotopic (exact) mass is 428 g/mol. The number of benzene rings is 3. The van der Waals surface area contributed by atoms with Gasteiger partial charge in [0.1, 0.15) is 5.82 Å². The van der Waals surface area contributed by atoms with Crippen LogP contribution in [-0.4, -0.2) is 33.3 Å². The smallest absolute Gasteiger partial charge is 0.305 e.